The summed E-state index contributed by atoms with van der Waals surface area (Å²) in [7, 11) is 1.93. The SMILES string of the molecule is CCC[C@@H](NC(=O)Nc1cccc(Cn2cncn2)c1)c1nccn1C. The average Bonchev–Trinajstić information content (AvgIpc) is 3.26. The van der Waals surface area contributed by atoms with Crippen LogP contribution in [-0.2, 0) is 13.6 Å². The first-order valence-corrected chi connectivity index (χ1v) is 8.61. The lowest BCUT2D eigenvalue weighted by molar-refractivity contribution is 0.247. The number of hydrogen-bond acceptors (Lipinski definition) is 4. The minimum Gasteiger partial charge on any atom is -0.336 e. The summed E-state index contributed by atoms with van der Waals surface area (Å²) >= 11 is 0. The highest BCUT2D eigenvalue weighted by Crippen LogP contribution is 2.17. The maximum absolute atomic E-state index is 12.4. The number of imidazole rings is 1. The van der Waals surface area contributed by atoms with Gasteiger partial charge in [0, 0.05) is 25.1 Å². The van der Waals surface area contributed by atoms with Crippen LogP contribution in [0.4, 0.5) is 10.5 Å². The molecule has 0 unspecified atom stereocenters. The fraction of sp³-hybridized carbons (Fsp3) is 0.333. The molecular formula is C18H23N7O. The van der Waals surface area contributed by atoms with E-state index >= 15 is 0 Å². The van der Waals surface area contributed by atoms with Crippen LogP contribution in [0.1, 0.15) is 37.2 Å². The van der Waals surface area contributed by atoms with Crippen LogP contribution in [0.3, 0.4) is 0 Å². The first kappa shape index (κ1) is 17.7. The minimum absolute atomic E-state index is 0.127. The average molecular weight is 353 g/mol. The number of urea groups is 1. The summed E-state index contributed by atoms with van der Waals surface area (Å²) in [6.07, 6.45) is 8.56. The topological polar surface area (TPSA) is 89.7 Å². The number of amides is 2. The van der Waals surface area contributed by atoms with Gasteiger partial charge in [0.05, 0.1) is 12.6 Å². The molecule has 3 rings (SSSR count). The number of nitrogens with one attached hydrogen (secondary N) is 2. The second-order valence-electron chi connectivity index (χ2n) is 6.13. The van der Waals surface area contributed by atoms with Gasteiger partial charge in [-0.05, 0) is 24.1 Å². The van der Waals surface area contributed by atoms with E-state index in [0.717, 1.165) is 29.9 Å². The molecule has 0 aliphatic heterocycles. The minimum atomic E-state index is -0.246. The van der Waals surface area contributed by atoms with Crippen molar-refractivity contribution in [3.05, 3.63) is 60.7 Å². The molecule has 2 heterocycles. The van der Waals surface area contributed by atoms with Crippen molar-refractivity contribution in [2.24, 2.45) is 7.05 Å². The van der Waals surface area contributed by atoms with Crippen LogP contribution in [-0.4, -0.2) is 30.3 Å². The number of carbonyl (C=O) groups excluding carboxylic acids is 1. The Balaban J connectivity index is 1.64. The van der Waals surface area contributed by atoms with Crippen LogP contribution in [0.15, 0.2) is 49.3 Å². The maximum Gasteiger partial charge on any atom is 0.319 e. The number of benzene rings is 1. The normalized spacial score (nSPS) is 11.9. The highest BCUT2D eigenvalue weighted by Gasteiger charge is 2.17. The molecule has 0 aliphatic rings. The zero-order valence-electron chi connectivity index (χ0n) is 15.0. The highest BCUT2D eigenvalue weighted by molar-refractivity contribution is 5.89. The molecule has 0 radical (unpaired) electrons. The number of aromatic nitrogens is 5. The molecule has 8 heteroatoms. The number of nitrogens with zero attached hydrogens (tertiary/aromatic N) is 5. The predicted molar refractivity (Wildman–Crippen MR) is 98.6 cm³/mol. The van der Waals surface area contributed by atoms with Crippen molar-refractivity contribution in [1.82, 2.24) is 29.6 Å². The Morgan fingerprint density at radius 3 is 2.92 bits per heavy atom. The predicted octanol–water partition coefficient (Wildman–Crippen LogP) is 2.72. The first-order valence-electron chi connectivity index (χ1n) is 8.61. The third-order valence-corrected chi connectivity index (χ3v) is 4.05. The molecule has 0 aliphatic carbocycles. The molecular weight excluding hydrogens is 330 g/mol. The Hall–Kier alpha value is -3.16. The second kappa shape index (κ2) is 8.28. The summed E-state index contributed by atoms with van der Waals surface area (Å²) in [5.41, 5.74) is 1.76. The number of anilines is 1. The quantitative estimate of drug-likeness (QED) is 0.683. The molecule has 2 amide bonds. The summed E-state index contributed by atoms with van der Waals surface area (Å²) in [6.45, 7) is 2.69. The molecule has 1 atom stereocenters. The lowest BCUT2D eigenvalue weighted by Crippen LogP contribution is -2.33. The third-order valence-electron chi connectivity index (χ3n) is 4.05. The molecule has 1 aromatic carbocycles. The van der Waals surface area contributed by atoms with Gasteiger partial charge in [0.15, 0.2) is 0 Å². The molecule has 0 bridgehead atoms. The van der Waals surface area contributed by atoms with Crippen LogP contribution in [0.2, 0.25) is 0 Å². The molecule has 0 fully saturated rings. The Bertz CT molecular complexity index is 841. The Labute approximate surface area is 152 Å². The Morgan fingerprint density at radius 1 is 1.35 bits per heavy atom. The molecule has 3 aromatic rings. The molecule has 2 N–H and O–H groups in total. The van der Waals surface area contributed by atoms with Gasteiger partial charge in [-0.25, -0.2) is 19.4 Å². The zero-order valence-corrected chi connectivity index (χ0v) is 15.0. The van der Waals surface area contributed by atoms with Gasteiger partial charge >= 0.3 is 6.03 Å². The van der Waals surface area contributed by atoms with Gasteiger partial charge in [0.25, 0.3) is 0 Å². The smallest absolute Gasteiger partial charge is 0.319 e. The molecule has 8 nitrogen and oxygen atoms in total. The van der Waals surface area contributed by atoms with E-state index in [-0.39, 0.29) is 12.1 Å². The van der Waals surface area contributed by atoms with E-state index in [1.165, 1.54) is 6.33 Å². The second-order valence-corrected chi connectivity index (χ2v) is 6.13. The fourth-order valence-electron chi connectivity index (χ4n) is 2.84. The van der Waals surface area contributed by atoms with Gasteiger partial charge in [0.2, 0.25) is 0 Å². The van der Waals surface area contributed by atoms with E-state index in [2.05, 4.69) is 32.6 Å². The Morgan fingerprint density at radius 2 is 2.23 bits per heavy atom. The third kappa shape index (κ3) is 4.47. The van der Waals surface area contributed by atoms with E-state index < -0.39 is 0 Å². The van der Waals surface area contributed by atoms with Crippen LogP contribution >= 0.6 is 0 Å². The van der Waals surface area contributed by atoms with Gasteiger partial charge in [0.1, 0.15) is 18.5 Å². The van der Waals surface area contributed by atoms with Crippen molar-refractivity contribution >= 4 is 11.7 Å². The van der Waals surface area contributed by atoms with Crippen LogP contribution in [0.5, 0.6) is 0 Å². The molecule has 26 heavy (non-hydrogen) atoms. The fourth-order valence-corrected chi connectivity index (χ4v) is 2.84. The van der Waals surface area contributed by atoms with Crippen LogP contribution < -0.4 is 10.6 Å². The van der Waals surface area contributed by atoms with Gasteiger partial charge in [-0.3, -0.25) is 0 Å². The molecule has 2 aromatic heterocycles. The van der Waals surface area contributed by atoms with Crippen molar-refractivity contribution in [3.8, 4) is 0 Å². The van der Waals surface area contributed by atoms with Crippen molar-refractivity contribution in [2.75, 3.05) is 5.32 Å². The Kier molecular flexibility index (Phi) is 5.62. The number of rotatable bonds is 7. The largest absolute Gasteiger partial charge is 0.336 e. The molecule has 136 valence electrons. The summed E-state index contributed by atoms with van der Waals surface area (Å²) in [5.74, 6) is 0.849. The molecule has 0 saturated heterocycles. The lowest BCUT2D eigenvalue weighted by Gasteiger charge is -2.18. The summed E-state index contributed by atoms with van der Waals surface area (Å²) < 4.78 is 3.66. The standard InChI is InChI=1S/C18H23N7O/c1-3-5-16(17-20-8-9-24(17)2)23-18(26)22-15-7-4-6-14(10-15)11-25-13-19-12-21-25/h4,6-10,12-13,16H,3,5,11H2,1-2H3,(H2,22,23,26)/t16-/m1/s1. The number of carbonyl (C=O) groups is 1. The zero-order chi connectivity index (χ0) is 18.4. The highest BCUT2D eigenvalue weighted by atomic mass is 16.2. The van der Waals surface area contributed by atoms with Crippen LogP contribution in [0.25, 0.3) is 0 Å². The van der Waals surface area contributed by atoms with E-state index in [4.69, 9.17) is 0 Å². The van der Waals surface area contributed by atoms with Crippen LogP contribution in [0, 0.1) is 0 Å². The maximum atomic E-state index is 12.4. The number of aryl methyl sites for hydroxylation is 1. The lowest BCUT2D eigenvalue weighted by atomic mass is 10.1. The molecule has 0 saturated carbocycles. The van der Waals surface area contributed by atoms with Crippen molar-refractivity contribution in [2.45, 2.75) is 32.4 Å². The summed E-state index contributed by atoms with van der Waals surface area (Å²) in [6, 6.07) is 7.31. The van der Waals surface area contributed by atoms with Crippen molar-refractivity contribution in [1.29, 1.82) is 0 Å². The van der Waals surface area contributed by atoms with E-state index in [9.17, 15) is 4.79 Å². The van der Waals surface area contributed by atoms with Gasteiger partial charge < -0.3 is 15.2 Å². The first-order chi connectivity index (χ1) is 12.7. The van der Waals surface area contributed by atoms with Crippen molar-refractivity contribution < 1.29 is 4.79 Å². The summed E-state index contributed by atoms with van der Waals surface area (Å²) in [4.78, 5) is 20.7. The van der Waals surface area contributed by atoms with Gasteiger partial charge in [-0.2, -0.15) is 5.10 Å². The van der Waals surface area contributed by atoms with Gasteiger partial charge in [-0.15, -0.1) is 0 Å². The van der Waals surface area contributed by atoms with E-state index in [1.54, 1.807) is 17.2 Å². The number of hydrogen-bond donors (Lipinski definition) is 2. The summed E-state index contributed by atoms with van der Waals surface area (Å²) in [5, 5.41) is 10.0. The van der Waals surface area contributed by atoms with E-state index in [0.29, 0.717) is 6.54 Å². The van der Waals surface area contributed by atoms with Crippen molar-refractivity contribution in [3.63, 3.8) is 0 Å². The molecule has 0 spiro atoms. The van der Waals surface area contributed by atoms with Gasteiger partial charge in [-0.1, -0.05) is 25.5 Å². The monoisotopic (exact) mass is 353 g/mol. The van der Waals surface area contributed by atoms with E-state index in [1.807, 2.05) is 42.1 Å².